The van der Waals surface area contributed by atoms with Gasteiger partial charge in [0, 0.05) is 12.7 Å². The highest BCUT2D eigenvalue weighted by atomic mass is 35.5. The van der Waals surface area contributed by atoms with Gasteiger partial charge in [-0.15, -0.1) is 5.10 Å². The number of anilines is 1. The molecule has 0 saturated heterocycles. The Morgan fingerprint density at radius 3 is 2.75 bits per heavy atom. The van der Waals surface area contributed by atoms with Gasteiger partial charge in [-0.1, -0.05) is 23.2 Å². The molecule has 1 fully saturated rings. The second-order valence-electron chi connectivity index (χ2n) is 4.79. The first-order valence-electron chi connectivity index (χ1n) is 6.15. The van der Waals surface area contributed by atoms with Gasteiger partial charge in [-0.3, -0.25) is 0 Å². The molecule has 0 amide bonds. The van der Waals surface area contributed by atoms with Crippen molar-refractivity contribution in [2.75, 3.05) is 12.8 Å². The zero-order valence-corrected chi connectivity index (χ0v) is 12.3. The van der Waals surface area contributed by atoms with Gasteiger partial charge in [0.2, 0.25) is 0 Å². The Hall–Kier alpha value is -1.37. The van der Waals surface area contributed by atoms with Gasteiger partial charge in [0.25, 0.3) is 0 Å². The lowest BCUT2D eigenvalue weighted by Gasteiger charge is -2.34. The molecule has 1 aromatic heterocycles. The second-order valence-corrected chi connectivity index (χ2v) is 5.58. The van der Waals surface area contributed by atoms with E-state index in [1.807, 2.05) is 0 Å². The first-order chi connectivity index (χ1) is 9.60. The summed E-state index contributed by atoms with van der Waals surface area (Å²) in [5.41, 5.74) is 6.99. The summed E-state index contributed by atoms with van der Waals surface area (Å²) in [5, 5.41) is 12.6. The van der Waals surface area contributed by atoms with E-state index in [2.05, 4.69) is 15.5 Å². The second kappa shape index (κ2) is 5.20. The normalized spacial score (nSPS) is 21.8. The molecule has 6 nitrogen and oxygen atoms in total. The van der Waals surface area contributed by atoms with Crippen LogP contribution in [0.15, 0.2) is 12.1 Å². The topological polar surface area (TPSA) is 78.8 Å². The Kier molecular flexibility index (Phi) is 3.54. The van der Waals surface area contributed by atoms with Crippen molar-refractivity contribution in [3.63, 3.8) is 0 Å². The van der Waals surface area contributed by atoms with Gasteiger partial charge < -0.3 is 10.5 Å². The van der Waals surface area contributed by atoms with Crippen molar-refractivity contribution in [3.05, 3.63) is 22.2 Å². The average Bonchev–Trinajstić information content (AvgIpc) is 2.83. The highest BCUT2D eigenvalue weighted by molar-refractivity contribution is 6.43. The molecular weight excluding hydrogens is 301 g/mol. The van der Waals surface area contributed by atoms with Crippen molar-refractivity contribution < 1.29 is 4.74 Å². The number of benzene rings is 1. The molecule has 1 saturated carbocycles. The van der Waals surface area contributed by atoms with Crippen LogP contribution in [0.25, 0.3) is 11.4 Å². The molecule has 0 aliphatic heterocycles. The third kappa shape index (κ3) is 2.24. The van der Waals surface area contributed by atoms with Crippen LogP contribution in [0.3, 0.4) is 0 Å². The number of nitrogen functional groups attached to an aromatic ring is 1. The molecule has 0 bridgehead atoms. The summed E-state index contributed by atoms with van der Waals surface area (Å²) in [5.74, 6) is 0.634. The van der Waals surface area contributed by atoms with Gasteiger partial charge in [0.05, 0.1) is 27.9 Å². The van der Waals surface area contributed by atoms with Gasteiger partial charge in [-0.25, -0.2) is 4.68 Å². The summed E-state index contributed by atoms with van der Waals surface area (Å²) in [6.45, 7) is 0. The van der Waals surface area contributed by atoms with Crippen molar-refractivity contribution in [2.24, 2.45) is 0 Å². The number of hydrogen-bond donors (Lipinski definition) is 1. The lowest BCUT2D eigenvalue weighted by molar-refractivity contribution is 0.00248. The van der Waals surface area contributed by atoms with E-state index in [1.54, 1.807) is 23.9 Å². The molecule has 0 spiro atoms. The molecule has 1 heterocycles. The first-order valence-corrected chi connectivity index (χ1v) is 6.91. The number of ether oxygens (including phenoxy) is 1. The van der Waals surface area contributed by atoms with Crippen LogP contribution in [0.2, 0.25) is 10.0 Å². The number of rotatable bonds is 3. The van der Waals surface area contributed by atoms with Crippen molar-refractivity contribution in [2.45, 2.75) is 25.0 Å². The predicted octanol–water partition coefficient (Wildman–Crippen LogP) is 2.58. The van der Waals surface area contributed by atoms with Crippen LogP contribution < -0.4 is 5.73 Å². The van der Waals surface area contributed by atoms with Crippen LogP contribution in [0.4, 0.5) is 5.69 Å². The SMILES string of the molecule is COC1CC(n2nnnc2-c2cc(N)c(Cl)c(Cl)c2)C1. The quantitative estimate of drug-likeness (QED) is 0.881. The summed E-state index contributed by atoms with van der Waals surface area (Å²) < 4.78 is 7.06. The maximum atomic E-state index is 6.05. The van der Waals surface area contributed by atoms with Crippen molar-refractivity contribution in [3.8, 4) is 11.4 Å². The standard InChI is InChI=1S/C12H13Cl2N5O/c1-20-8-4-7(5-8)19-12(16-17-18-19)6-2-9(13)11(14)10(15)3-6/h2-3,7-8H,4-5,15H2,1H3. The Balaban J connectivity index is 1.94. The molecule has 20 heavy (non-hydrogen) atoms. The molecule has 106 valence electrons. The zero-order chi connectivity index (χ0) is 14.3. The molecule has 1 aliphatic carbocycles. The van der Waals surface area contributed by atoms with E-state index in [-0.39, 0.29) is 12.1 Å². The molecule has 1 aromatic carbocycles. The van der Waals surface area contributed by atoms with Crippen LogP contribution in [0.1, 0.15) is 18.9 Å². The molecule has 3 rings (SSSR count). The van der Waals surface area contributed by atoms with Gasteiger partial charge in [0.15, 0.2) is 5.82 Å². The minimum atomic E-state index is 0.237. The number of nitrogens with zero attached hydrogens (tertiary/aromatic N) is 4. The third-order valence-corrected chi connectivity index (χ3v) is 4.37. The molecular formula is C12H13Cl2N5O. The maximum absolute atomic E-state index is 6.05. The minimum absolute atomic E-state index is 0.237. The minimum Gasteiger partial charge on any atom is -0.397 e. The smallest absolute Gasteiger partial charge is 0.182 e. The van der Waals surface area contributed by atoms with Gasteiger partial charge in [-0.05, 0) is 35.4 Å². The Morgan fingerprint density at radius 1 is 1.35 bits per heavy atom. The first kappa shape index (κ1) is 13.6. The molecule has 0 atom stereocenters. The summed E-state index contributed by atoms with van der Waals surface area (Å²) in [7, 11) is 1.71. The number of hydrogen-bond acceptors (Lipinski definition) is 5. The summed E-state index contributed by atoms with van der Waals surface area (Å²) in [6.07, 6.45) is 2.06. The average molecular weight is 314 g/mol. The maximum Gasteiger partial charge on any atom is 0.182 e. The lowest BCUT2D eigenvalue weighted by Crippen LogP contribution is -2.33. The van der Waals surface area contributed by atoms with Crippen LogP contribution in [0.5, 0.6) is 0 Å². The fourth-order valence-electron chi connectivity index (χ4n) is 2.30. The Morgan fingerprint density at radius 2 is 2.10 bits per heavy atom. The molecule has 0 radical (unpaired) electrons. The zero-order valence-electron chi connectivity index (χ0n) is 10.8. The van der Waals surface area contributed by atoms with Crippen LogP contribution >= 0.6 is 23.2 Å². The molecule has 0 unspecified atom stereocenters. The van der Waals surface area contributed by atoms with Gasteiger partial charge >= 0.3 is 0 Å². The Bertz CT molecular complexity index is 616. The summed E-state index contributed by atoms with van der Waals surface area (Å²) in [6, 6.07) is 3.68. The molecule has 1 aliphatic rings. The van der Waals surface area contributed by atoms with Crippen LogP contribution in [-0.2, 0) is 4.74 Å². The Labute approximate surface area is 125 Å². The van der Waals surface area contributed by atoms with Crippen molar-refractivity contribution >= 4 is 28.9 Å². The van der Waals surface area contributed by atoms with Gasteiger partial charge in [-0.2, -0.15) is 0 Å². The molecule has 8 heteroatoms. The lowest BCUT2D eigenvalue weighted by atomic mass is 9.89. The highest BCUT2D eigenvalue weighted by Gasteiger charge is 2.33. The number of aromatic nitrogens is 4. The van der Waals surface area contributed by atoms with E-state index in [1.165, 1.54) is 0 Å². The summed E-state index contributed by atoms with van der Waals surface area (Å²) >= 11 is 12.0. The molecule has 2 N–H and O–H groups in total. The fraction of sp³-hybridized carbons (Fsp3) is 0.417. The predicted molar refractivity (Wildman–Crippen MR) is 76.8 cm³/mol. The summed E-state index contributed by atoms with van der Waals surface area (Å²) in [4.78, 5) is 0. The van der Waals surface area contributed by atoms with E-state index < -0.39 is 0 Å². The number of halogens is 2. The van der Waals surface area contributed by atoms with E-state index in [0.29, 0.717) is 21.6 Å². The van der Waals surface area contributed by atoms with E-state index >= 15 is 0 Å². The van der Waals surface area contributed by atoms with Crippen molar-refractivity contribution in [1.82, 2.24) is 20.2 Å². The monoisotopic (exact) mass is 313 g/mol. The van der Waals surface area contributed by atoms with Crippen LogP contribution in [0, 0.1) is 0 Å². The number of nitrogens with two attached hydrogens (primary N) is 1. The number of tetrazole rings is 1. The highest BCUT2D eigenvalue weighted by Crippen LogP contribution is 2.38. The largest absolute Gasteiger partial charge is 0.397 e. The fourth-order valence-corrected chi connectivity index (χ4v) is 2.63. The van der Waals surface area contributed by atoms with Crippen LogP contribution in [-0.4, -0.2) is 33.4 Å². The van der Waals surface area contributed by atoms with E-state index in [9.17, 15) is 0 Å². The van der Waals surface area contributed by atoms with Gasteiger partial charge in [0.1, 0.15) is 0 Å². The third-order valence-electron chi connectivity index (χ3n) is 3.56. The molecule has 2 aromatic rings. The van der Waals surface area contributed by atoms with E-state index in [4.69, 9.17) is 33.7 Å². The number of methoxy groups -OCH3 is 1. The van der Waals surface area contributed by atoms with E-state index in [0.717, 1.165) is 18.4 Å². The van der Waals surface area contributed by atoms with Crippen molar-refractivity contribution in [1.29, 1.82) is 0 Å².